The summed E-state index contributed by atoms with van der Waals surface area (Å²) in [7, 11) is -3.46. The topological polar surface area (TPSA) is 66.5 Å². The summed E-state index contributed by atoms with van der Waals surface area (Å²) in [4.78, 5) is 13.3. The van der Waals surface area contributed by atoms with Crippen molar-refractivity contribution in [3.63, 3.8) is 0 Å². The van der Waals surface area contributed by atoms with E-state index in [-0.39, 0.29) is 16.8 Å². The molecule has 1 N–H and O–H groups in total. The van der Waals surface area contributed by atoms with Gasteiger partial charge in [-0.2, -0.15) is 4.31 Å². The predicted molar refractivity (Wildman–Crippen MR) is 106 cm³/mol. The fourth-order valence-corrected chi connectivity index (χ4v) is 4.61. The molecule has 0 radical (unpaired) electrons. The summed E-state index contributed by atoms with van der Waals surface area (Å²) in [5, 5.41) is 4.83. The van der Waals surface area contributed by atoms with E-state index in [1.54, 1.807) is 41.7 Å². The zero-order valence-electron chi connectivity index (χ0n) is 15.2. The van der Waals surface area contributed by atoms with Crippen LogP contribution in [0, 0.1) is 0 Å². The molecule has 0 bridgehead atoms. The minimum Gasteiger partial charge on any atom is -0.346 e. The lowest BCUT2D eigenvalue weighted by Gasteiger charge is -2.19. The molecule has 140 valence electrons. The second-order valence-corrected chi connectivity index (χ2v) is 8.65. The van der Waals surface area contributed by atoms with Crippen molar-refractivity contribution in [3.8, 4) is 0 Å². The van der Waals surface area contributed by atoms with Crippen molar-refractivity contribution in [2.24, 2.45) is 0 Å². The maximum Gasteiger partial charge on any atom is 0.244 e. The molecule has 1 atom stereocenters. The summed E-state index contributed by atoms with van der Waals surface area (Å²) < 4.78 is 26.4. The van der Waals surface area contributed by atoms with Crippen LogP contribution in [0.2, 0.25) is 0 Å². The van der Waals surface area contributed by atoms with E-state index in [9.17, 15) is 13.2 Å². The summed E-state index contributed by atoms with van der Waals surface area (Å²) in [6.07, 6.45) is 3.27. The highest BCUT2D eigenvalue weighted by atomic mass is 32.2. The Bertz CT molecular complexity index is 837. The number of sulfonamides is 1. The fraction of sp³-hybridized carbons (Fsp3) is 0.316. The molecule has 0 saturated carbocycles. The van der Waals surface area contributed by atoms with Gasteiger partial charge in [-0.1, -0.05) is 32.0 Å². The average molecular weight is 393 g/mol. The summed E-state index contributed by atoms with van der Waals surface area (Å²) in [5.41, 5.74) is 0.848. The van der Waals surface area contributed by atoms with Crippen LogP contribution in [0.5, 0.6) is 0 Å². The van der Waals surface area contributed by atoms with Gasteiger partial charge in [0.05, 0.1) is 10.9 Å². The second-order valence-electron chi connectivity index (χ2n) is 5.74. The van der Waals surface area contributed by atoms with Gasteiger partial charge < -0.3 is 5.32 Å². The van der Waals surface area contributed by atoms with E-state index < -0.39 is 10.0 Å². The third kappa shape index (κ3) is 5.03. The number of rotatable bonds is 8. The van der Waals surface area contributed by atoms with Crippen LogP contribution in [0.25, 0.3) is 6.08 Å². The van der Waals surface area contributed by atoms with E-state index in [2.05, 4.69) is 5.32 Å². The van der Waals surface area contributed by atoms with Crippen molar-refractivity contribution in [1.82, 2.24) is 9.62 Å². The predicted octanol–water partition coefficient (Wildman–Crippen LogP) is 3.67. The minimum atomic E-state index is -3.46. The number of carbonyl (C=O) groups excluding carboxylic acids is 1. The smallest absolute Gasteiger partial charge is 0.244 e. The van der Waals surface area contributed by atoms with E-state index in [0.717, 1.165) is 10.4 Å². The van der Waals surface area contributed by atoms with E-state index >= 15 is 0 Å². The Kier molecular flexibility index (Phi) is 7.14. The second kappa shape index (κ2) is 9.12. The molecule has 2 aromatic rings. The van der Waals surface area contributed by atoms with Crippen LogP contribution in [-0.4, -0.2) is 31.7 Å². The zero-order valence-corrected chi connectivity index (χ0v) is 16.8. The van der Waals surface area contributed by atoms with Crippen LogP contribution < -0.4 is 5.32 Å². The Morgan fingerprint density at radius 1 is 1.19 bits per heavy atom. The molecule has 0 aliphatic carbocycles. The van der Waals surface area contributed by atoms with Gasteiger partial charge in [0.2, 0.25) is 15.9 Å². The average Bonchev–Trinajstić information content (AvgIpc) is 3.14. The molecule has 1 aromatic heterocycles. The Labute approximate surface area is 159 Å². The quantitative estimate of drug-likeness (QED) is 0.697. The molecule has 26 heavy (non-hydrogen) atoms. The first kappa shape index (κ1) is 20.4. The molecular weight excluding hydrogens is 368 g/mol. The highest BCUT2D eigenvalue weighted by Gasteiger charge is 2.21. The molecule has 0 aliphatic heterocycles. The summed E-state index contributed by atoms with van der Waals surface area (Å²) in [6.45, 7) is 6.37. The van der Waals surface area contributed by atoms with Gasteiger partial charge in [-0.05, 0) is 42.1 Å². The largest absolute Gasteiger partial charge is 0.346 e. The lowest BCUT2D eigenvalue weighted by atomic mass is 10.1. The maximum absolute atomic E-state index is 12.5. The van der Waals surface area contributed by atoms with Crippen molar-refractivity contribution in [2.45, 2.75) is 31.7 Å². The van der Waals surface area contributed by atoms with Crippen LogP contribution in [0.15, 0.2) is 52.7 Å². The van der Waals surface area contributed by atoms with Gasteiger partial charge in [-0.15, -0.1) is 11.3 Å². The molecule has 1 amide bonds. The maximum atomic E-state index is 12.5. The number of benzene rings is 1. The number of nitrogens with zero attached hydrogens (tertiary/aromatic N) is 1. The van der Waals surface area contributed by atoms with Gasteiger partial charge >= 0.3 is 0 Å². The van der Waals surface area contributed by atoms with Crippen molar-refractivity contribution in [3.05, 3.63) is 58.3 Å². The molecule has 0 fully saturated rings. The van der Waals surface area contributed by atoms with Crippen LogP contribution in [-0.2, 0) is 14.8 Å². The van der Waals surface area contributed by atoms with Crippen LogP contribution >= 0.6 is 11.3 Å². The third-order valence-corrected chi connectivity index (χ3v) is 6.93. The van der Waals surface area contributed by atoms with Crippen LogP contribution in [0.1, 0.15) is 37.3 Å². The summed E-state index contributed by atoms with van der Waals surface area (Å²) in [5.74, 6) is -0.189. The molecule has 1 aromatic carbocycles. The Balaban J connectivity index is 2.04. The number of hydrogen-bond donors (Lipinski definition) is 1. The van der Waals surface area contributed by atoms with Crippen LogP contribution in [0.3, 0.4) is 0 Å². The fourth-order valence-electron chi connectivity index (χ4n) is 2.53. The van der Waals surface area contributed by atoms with Gasteiger partial charge in [0.25, 0.3) is 0 Å². The lowest BCUT2D eigenvalue weighted by molar-refractivity contribution is -0.117. The van der Waals surface area contributed by atoms with Gasteiger partial charge in [0, 0.05) is 24.0 Å². The molecule has 2 rings (SSSR count). The van der Waals surface area contributed by atoms with Gasteiger partial charge in [0.1, 0.15) is 0 Å². The highest BCUT2D eigenvalue weighted by molar-refractivity contribution is 7.89. The van der Waals surface area contributed by atoms with Gasteiger partial charge in [-0.25, -0.2) is 8.42 Å². The number of carbonyl (C=O) groups is 1. The standard InChI is InChI=1S/C19H24N2O3S2/c1-4-21(5-2)26(23,24)18-11-8-16(9-12-18)15(3)20-19(22)13-10-17-7-6-14-25-17/h6-15H,4-5H2,1-3H3,(H,20,22)/b13-10+. The monoisotopic (exact) mass is 392 g/mol. The number of hydrogen-bond acceptors (Lipinski definition) is 4. The van der Waals surface area contributed by atoms with Gasteiger partial charge in [0.15, 0.2) is 0 Å². The summed E-state index contributed by atoms with van der Waals surface area (Å²) >= 11 is 1.56. The Hall–Kier alpha value is -1.96. The van der Waals surface area contributed by atoms with E-state index in [0.29, 0.717) is 13.1 Å². The molecule has 1 unspecified atom stereocenters. The molecular formula is C19H24N2O3S2. The first-order valence-electron chi connectivity index (χ1n) is 8.50. The Morgan fingerprint density at radius 3 is 2.38 bits per heavy atom. The van der Waals surface area contributed by atoms with Crippen molar-refractivity contribution >= 4 is 33.3 Å². The van der Waals surface area contributed by atoms with Gasteiger partial charge in [-0.3, -0.25) is 4.79 Å². The van der Waals surface area contributed by atoms with Crippen molar-refractivity contribution in [1.29, 1.82) is 0 Å². The SMILES string of the molecule is CCN(CC)S(=O)(=O)c1ccc(C(C)NC(=O)/C=C/c2cccs2)cc1. The molecule has 0 saturated heterocycles. The first-order chi connectivity index (χ1) is 12.4. The minimum absolute atomic E-state index is 0.189. The van der Waals surface area contributed by atoms with Crippen LogP contribution in [0.4, 0.5) is 0 Å². The Morgan fingerprint density at radius 2 is 1.85 bits per heavy atom. The van der Waals surface area contributed by atoms with E-state index in [1.165, 1.54) is 10.4 Å². The van der Waals surface area contributed by atoms with E-state index in [1.807, 2.05) is 38.3 Å². The lowest BCUT2D eigenvalue weighted by Crippen LogP contribution is -2.30. The molecule has 7 heteroatoms. The molecule has 1 heterocycles. The summed E-state index contributed by atoms with van der Waals surface area (Å²) in [6, 6.07) is 10.3. The normalized spacial score (nSPS) is 13.2. The van der Waals surface area contributed by atoms with Crippen molar-refractivity contribution in [2.75, 3.05) is 13.1 Å². The highest BCUT2D eigenvalue weighted by Crippen LogP contribution is 2.19. The zero-order chi connectivity index (χ0) is 19.2. The molecule has 5 nitrogen and oxygen atoms in total. The van der Waals surface area contributed by atoms with E-state index in [4.69, 9.17) is 0 Å². The number of thiophene rings is 1. The first-order valence-corrected chi connectivity index (χ1v) is 10.8. The number of amides is 1. The third-order valence-electron chi connectivity index (χ3n) is 4.02. The number of nitrogens with one attached hydrogen (secondary N) is 1. The molecule has 0 spiro atoms. The van der Waals surface area contributed by atoms with Crippen molar-refractivity contribution < 1.29 is 13.2 Å². The molecule has 0 aliphatic rings.